The summed E-state index contributed by atoms with van der Waals surface area (Å²) >= 11 is 0. The third kappa shape index (κ3) is 9.27. The number of amides is 1. The van der Waals surface area contributed by atoms with E-state index in [1.54, 1.807) is 6.07 Å². The molecule has 0 spiro atoms. The van der Waals surface area contributed by atoms with E-state index in [0.717, 1.165) is 24.5 Å². The molecule has 1 unspecified atom stereocenters. The molecule has 0 fully saturated rings. The first-order chi connectivity index (χ1) is 10.5. The smallest absolute Gasteiger partial charge is 0.255 e. The highest BCUT2D eigenvalue weighted by atomic mass is 127. The zero-order chi connectivity index (χ0) is 16.4. The minimum Gasteiger partial charge on any atom is -0.484 e. The van der Waals surface area contributed by atoms with Gasteiger partial charge < -0.3 is 21.1 Å². The normalized spacial score (nSPS) is 12.0. The summed E-state index contributed by atoms with van der Waals surface area (Å²) in [4.78, 5) is 15.3. The largest absolute Gasteiger partial charge is 0.484 e. The van der Waals surface area contributed by atoms with Crippen LogP contribution in [0.5, 0.6) is 5.75 Å². The number of primary amides is 1. The number of halogens is 1. The van der Waals surface area contributed by atoms with E-state index in [0.29, 0.717) is 18.3 Å². The van der Waals surface area contributed by atoms with Gasteiger partial charge in [-0.15, -0.1) is 24.0 Å². The van der Waals surface area contributed by atoms with E-state index >= 15 is 0 Å². The Balaban J connectivity index is 0.00000484. The number of nitrogens with one attached hydrogen (secondary N) is 2. The number of nitrogens with two attached hydrogens (primary N) is 1. The average Bonchev–Trinajstić information content (AvgIpc) is 2.51. The molecule has 1 atom stereocenters. The summed E-state index contributed by atoms with van der Waals surface area (Å²) in [7, 11) is 0. The van der Waals surface area contributed by atoms with Crippen LogP contribution in [0.15, 0.2) is 29.3 Å². The number of aliphatic imine (C=N–C) groups is 1. The fourth-order valence-electron chi connectivity index (χ4n) is 1.71. The Morgan fingerprint density at radius 1 is 1.39 bits per heavy atom. The predicted molar refractivity (Wildman–Crippen MR) is 104 cm³/mol. The molecular formula is C16H27IN4O2. The molecule has 1 aromatic rings. The number of rotatable bonds is 8. The molecule has 0 saturated heterocycles. The van der Waals surface area contributed by atoms with Gasteiger partial charge in [-0.05, 0) is 38.0 Å². The molecule has 6 nitrogen and oxygen atoms in total. The number of guanidine groups is 1. The van der Waals surface area contributed by atoms with E-state index in [1.165, 1.54) is 0 Å². The standard InChI is InChI=1S/C16H26N4O2.HI/c1-4-12(3)20-16(18-5-2)19-10-13-7-6-8-14(9-13)22-11-15(17)21;/h6-9,12H,4-5,10-11H2,1-3H3,(H2,17,21)(H2,18,19,20);1H. The van der Waals surface area contributed by atoms with Crippen molar-refractivity contribution >= 4 is 35.8 Å². The van der Waals surface area contributed by atoms with Gasteiger partial charge >= 0.3 is 0 Å². The van der Waals surface area contributed by atoms with E-state index < -0.39 is 5.91 Å². The second-order valence-corrected chi connectivity index (χ2v) is 5.05. The summed E-state index contributed by atoms with van der Waals surface area (Å²) in [5, 5.41) is 6.56. The zero-order valence-electron chi connectivity index (χ0n) is 14.0. The molecule has 0 aliphatic rings. The van der Waals surface area contributed by atoms with Crippen molar-refractivity contribution in [2.45, 2.75) is 39.8 Å². The van der Waals surface area contributed by atoms with Crippen molar-refractivity contribution in [1.29, 1.82) is 0 Å². The molecule has 4 N–H and O–H groups in total. The number of hydrogen-bond acceptors (Lipinski definition) is 3. The topological polar surface area (TPSA) is 88.7 Å². The van der Waals surface area contributed by atoms with E-state index in [9.17, 15) is 4.79 Å². The Hall–Kier alpha value is -1.51. The van der Waals surface area contributed by atoms with Crippen LogP contribution in [-0.2, 0) is 11.3 Å². The molecule has 0 saturated carbocycles. The summed E-state index contributed by atoms with van der Waals surface area (Å²) in [5.74, 6) is 0.919. The quantitative estimate of drug-likeness (QED) is 0.332. The van der Waals surface area contributed by atoms with E-state index in [1.807, 2.05) is 25.1 Å². The van der Waals surface area contributed by atoms with Crippen molar-refractivity contribution in [3.8, 4) is 5.75 Å². The molecule has 1 aromatic carbocycles. The minimum atomic E-state index is -0.490. The van der Waals surface area contributed by atoms with Gasteiger partial charge in [0.15, 0.2) is 12.6 Å². The number of nitrogens with zero attached hydrogens (tertiary/aromatic N) is 1. The van der Waals surface area contributed by atoms with Gasteiger partial charge in [-0.25, -0.2) is 4.99 Å². The van der Waals surface area contributed by atoms with Crippen molar-refractivity contribution in [3.63, 3.8) is 0 Å². The van der Waals surface area contributed by atoms with Crippen LogP contribution in [0, 0.1) is 0 Å². The maximum Gasteiger partial charge on any atom is 0.255 e. The Kier molecular flexibility index (Phi) is 11.2. The highest BCUT2D eigenvalue weighted by Gasteiger charge is 2.03. The third-order valence-corrected chi connectivity index (χ3v) is 3.04. The Labute approximate surface area is 155 Å². The summed E-state index contributed by atoms with van der Waals surface area (Å²) in [6.45, 7) is 7.49. The van der Waals surface area contributed by atoms with Gasteiger partial charge in [-0.1, -0.05) is 19.1 Å². The van der Waals surface area contributed by atoms with Crippen molar-refractivity contribution in [1.82, 2.24) is 10.6 Å². The number of benzene rings is 1. The van der Waals surface area contributed by atoms with Crippen LogP contribution < -0.4 is 21.1 Å². The van der Waals surface area contributed by atoms with E-state index in [4.69, 9.17) is 10.5 Å². The SMILES string of the molecule is CCNC(=NCc1cccc(OCC(N)=O)c1)NC(C)CC.I. The Bertz CT molecular complexity index is 509. The van der Waals surface area contributed by atoms with Gasteiger partial charge in [0, 0.05) is 12.6 Å². The summed E-state index contributed by atoms with van der Waals surface area (Å²) in [6, 6.07) is 7.85. The van der Waals surface area contributed by atoms with Gasteiger partial charge in [-0.3, -0.25) is 4.79 Å². The van der Waals surface area contributed by atoms with E-state index in [-0.39, 0.29) is 30.6 Å². The number of carbonyl (C=O) groups is 1. The van der Waals surface area contributed by atoms with Crippen molar-refractivity contribution < 1.29 is 9.53 Å². The highest BCUT2D eigenvalue weighted by molar-refractivity contribution is 14.0. The lowest BCUT2D eigenvalue weighted by Gasteiger charge is -2.16. The van der Waals surface area contributed by atoms with Crippen LogP contribution in [-0.4, -0.2) is 31.1 Å². The summed E-state index contributed by atoms with van der Waals surface area (Å²) in [5.41, 5.74) is 6.07. The molecular weight excluding hydrogens is 407 g/mol. The maximum absolute atomic E-state index is 10.7. The van der Waals surface area contributed by atoms with Gasteiger partial charge in [0.1, 0.15) is 5.75 Å². The molecule has 0 bridgehead atoms. The lowest BCUT2D eigenvalue weighted by Crippen LogP contribution is -2.41. The van der Waals surface area contributed by atoms with Gasteiger partial charge in [-0.2, -0.15) is 0 Å². The molecule has 1 rings (SSSR count). The van der Waals surface area contributed by atoms with Gasteiger partial charge in [0.2, 0.25) is 0 Å². The monoisotopic (exact) mass is 434 g/mol. The molecule has 0 aliphatic heterocycles. The molecule has 0 aromatic heterocycles. The molecule has 1 amide bonds. The van der Waals surface area contributed by atoms with Crippen LogP contribution in [0.1, 0.15) is 32.8 Å². The van der Waals surface area contributed by atoms with Gasteiger partial charge in [0.25, 0.3) is 5.91 Å². The fourth-order valence-corrected chi connectivity index (χ4v) is 1.71. The summed E-state index contributed by atoms with van der Waals surface area (Å²) < 4.78 is 5.29. The first kappa shape index (κ1) is 21.5. The fraction of sp³-hybridized carbons (Fsp3) is 0.500. The second kappa shape index (κ2) is 12.0. The zero-order valence-corrected chi connectivity index (χ0v) is 16.3. The molecule has 7 heteroatoms. The minimum absolute atomic E-state index is 0. The van der Waals surface area contributed by atoms with Gasteiger partial charge in [0.05, 0.1) is 6.54 Å². The molecule has 0 aliphatic carbocycles. The lowest BCUT2D eigenvalue weighted by atomic mass is 10.2. The number of hydrogen-bond donors (Lipinski definition) is 3. The molecule has 23 heavy (non-hydrogen) atoms. The molecule has 0 radical (unpaired) electrons. The average molecular weight is 434 g/mol. The maximum atomic E-state index is 10.7. The number of carbonyl (C=O) groups excluding carboxylic acids is 1. The van der Waals surface area contributed by atoms with Crippen molar-refractivity contribution in [2.75, 3.05) is 13.2 Å². The molecule has 130 valence electrons. The van der Waals surface area contributed by atoms with E-state index in [2.05, 4.69) is 29.5 Å². The molecule has 0 heterocycles. The Morgan fingerprint density at radius 3 is 2.74 bits per heavy atom. The van der Waals surface area contributed by atoms with Crippen LogP contribution >= 0.6 is 24.0 Å². The van der Waals surface area contributed by atoms with Crippen LogP contribution in [0.2, 0.25) is 0 Å². The van der Waals surface area contributed by atoms with Crippen LogP contribution in [0.4, 0.5) is 0 Å². The predicted octanol–water partition coefficient (Wildman–Crippen LogP) is 2.02. The third-order valence-electron chi connectivity index (χ3n) is 3.04. The first-order valence-corrected chi connectivity index (χ1v) is 7.60. The first-order valence-electron chi connectivity index (χ1n) is 7.60. The second-order valence-electron chi connectivity index (χ2n) is 5.05. The van der Waals surface area contributed by atoms with Crippen molar-refractivity contribution in [2.24, 2.45) is 10.7 Å². The van der Waals surface area contributed by atoms with Crippen molar-refractivity contribution in [3.05, 3.63) is 29.8 Å². The van der Waals surface area contributed by atoms with Crippen LogP contribution in [0.3, 0.4) is 0 Å². The highest BCUT2D eigenvalue weighted by Crippen LogP contribution is 2.13. The van der Waals surface area contributed by atoms with Crippen LogP contribution in [0.25, 0.3) is 0 Å². The Morgan fingerprint density at radius 2 is 2.13 bits per heavy atom. The number of ether oxygens (including phenoxy) is 1. The lowest BCUT2D eigenvalue weighted by molar-refractivity contribution is -0.119. The summed E-state index contributed by atoms with van der Waals surface area (Å²) in [6.07, 6.45) is 1.03.